The molecule has 1 aliphatic carbocycles. The van der Waals surface area contributed by atoms with Crippen LogP contribution in [0.4, 0.5) is 0 Å². The smallest absolute Gasteiger partial charge is 0.326 e. The molecular weight excluding hydrogens is 446 g/mol. The average molecular weight is 482 g/mol. The number of carbonyl (C=O) groups is 2. The zero-order chi connectivity index (χ0) is 24.1. The minimum Gasteiger partial charge on any atom is -0.480 e. The minimum atomic E-state index is -0.995. The van der Waals surface area contributed by atoms with Crippen LogP contribution in [0.1, 0.15) is 92.3 Å². The van der Waals surface area contributed by atoms with E-state index in [2.05, 4.69) is 27.4 Å². The van der Waals surface area contributed by atoms with Crippen molar-refractivity contribution in [2.75, 3.05) is 0 Å². The molecule has 6 nitrogen and oxygen atoms in total. The number of hydrogen-bond donors (Lipinski definition) is 2. The Morgan fingerprint density at radius 3 is 2.62 bits per heavy atom. The van der Waals surface area contributed by atoms with Gasteiger partial charge in [0, 0.05) is 22.9 Å². The Hall–Kier alpha value is -2.67. The first-order valence-corrected chi connectivity index (χ1v) is 13.4. The third-order valence-electron chi connectivity index (χ3n) is 7.07. The summed E-state index contributed by atoms with van der Waals surface area (Å²) in [6, 6.07) is 9.36. The Kier molecular flexibility index (Phi) is 8.03. The molecule has 1 amide bonds. The summed E-state index contributed by atoms with van der Waals surface area (Å²) in [6.45, 7) is 4.03. The fourth-order valence-electron chi connectivity index (χ4n) is 4.94. The largest absolute Gasteiger partial charge is 0.480 e. The zero-order valence-corrected chi connectivity index (χ0v) is 20.9. The van der Waals surface area contributed by atoms with Gasteiger partial charge >= 0.3 is 5.97 Å². The summed E-state index contributed by atoms with van der Waals surface area (Å²) in [7, 11) is 0. The average Bonchev–Trinajstić information content (AvgIpc) is 3.37. The van der Waals surface area contributed by atoms with Gasteiger partial charge in [-0.15, -0.1) is 11.3 Å². The van der Waals surface area contributed by atoms with Gasteiger partial charge in [-0.3, -0.25) is 4.79 Å². The third kappa shape index (κ3) is 5.69. The number of carbonyl (C=O) groups excluding carboxylic acids is 1. The van der Waals surface area contributed by atoms with E-state index in [1.54, 1.807) is 11.3 Å². The number of amides is 1. The van der Waals surface area contributed by atoms with Crippen LogP contribution in [0, 0.1) is 5.92 Å². The number of nitrogens with zero attached hydrogens (tertiary/aromatic N) is 2. The molecule has 1 aromatic carbocycles. The molecule has 1 aliphatic rings. The Labute approximate surface area is 205 Å². The molecule has 0 bridgehead atoms. The quantitative estimate of drug-likeness (QED) is 0.356. The van der Waals surface area contributed by atoms with Gasteiger partial charge in [-0.1, -0.05) is 52.0 Å². The summed E-state index contributed by atoms with van der Waals surface area (Å²) in [5.41, 5.74) is 2.32. The molecule has 1 fully saturated rings. The standard InChI is InChI=1S/C27H35N3O3S/c1-3-18(2)15-23(27(32)33)29-26(31)19-12-13-24-22(16-19)28-25(17-21-11-8-14-34-21)30(24)20-9-6-4-5-7-10-20/h8,11-14,16,18,20,23H,3-7,9-10,15,17H2,1-2H3,(H,29,31)(H,32,33). The molecule has 0 saturated heterocycles. The molecule has 7 heteroatoms. The molecule has 0 spiro atoms. The number of rotatable bonds is 9. The van der Waals surface area contributed by atoms with Crippen molar-refractivity contribution in [1.82, 2.24) is 14.9 Å². The molecule has 2 N–H and O–H groups in total. The number of thiophene rings is 1. The molecule has 0 aliphatic heterocycles. The third-order valence-corrected chi connectivity index (χ3v) is 7.94. The van der Waals surface area contributed by atoms with E-state index in [-0.39, 0.29) is 11.8 Å². The Balaban J connectivity index is 1.64. The Morgan fingerprint density at radius 1 is 1.21 bits per heavy atom. The highest BCUT2D eigenvalue weighted by atomic mass is 32.1. The second-order valence-electron chi connectivity index (χ2n) is 9.62. The number of nitrogens with one attached hydrogen (secondary N) is 1. The minimum absolute atomic E-state index is 0.221. The number of imidazole rings is 1. The van der Waals surface area contributed by atoms with Crippen LogP contribution < -0.4 is 5.32 Å². The van der Waals surface area contributed by atoms with Gasteiger partial charge in [0.2, 0.25) is 0 Å². The molecule has 2 aromatic heterocycles. The van der Waals surface area contributed by atoms with Crippen molar-refractivity contribution < 1.29 is 14.7 Å². The maximum Gasteiger partial charge on any atom is 0.326 e. The van der Waals surface area contributed by atoms with E-state index in [9.17, 15) is 14.7 Å². The summed E-state index contributed by atoms with van der Waals surface area (Å²) < 4.78 is 2.41. The van der Waals surface area contributed by atoms with E-state index in [4.69, 9.17) is 4.98 Å². The molecule has 34 heavy (non-hydrogen) atoms. The van der Waals surface area contributed by atoms with Crippen LogP contribution in [-0.2, 0) is 11.2 Å². The SMILES string of the molecule is CCC(C)CC(NC(=O)c1ccc2c(c1)nc(Cc1cccs1)n2C1CCCCCC1)C(=O)O. The van der Waals surface area contributed by atoms with Crippen LogP contribution in [0.5, 0.6) is 0 Å². The summed E-state index contributed by atoms with van der Waals surface area (Å²) in [5.74, 6) is -0.0897. The molecule has 4 rings (SSSR count). The van der Waals surface area contributed by atoms with Crippen molar-refractivity contribution in [3.8, 4) is 0 Å². The van der Waals surface area contributed by atoms with Gasteiger partial charge in [0.05, 0.1) is 11.0 Å². The highest BCUT2D eigenvalue weighted by Crippen LogP contribution is 2.33. The first-order valence-electron chi connectivity index (χ1n) is 12.5. The van der Waals surface area contributed by atoms with E-state index in [0.29, 0.717) is 18.0 Å². The lowest BCUT2D eigenvalue weighted by Gasteiger charge is -2.20. The Bertz CT molecular complexity index is 1110. The first kappa shape index (κ1) is 24.5. The molecule has 1 saturated carbocycles. The van der Waals surface area contributed by atoms with E-state index in [1.807, 2.05) is 32.0 Å². The van der Waals surface area contributed by atoms with Crippen molar-refractivity contribution in [1.29, 1.82) is 0 Å². The van der Waals surface area contributed by atoms with Gasteiger partial charge < -0.3 is 15.0 Å². The van der Waals surface area contributed by atoms with Crippen LogP contribution >= 0.6 is 11.3 Å². The van der Waals surface area contributed by atoms with E-state index >= 15 is 0 Å². The van der Waals surface area contributed by atoms with Crippen molar-refractivity contribution in [2.24, 2.45) is 5.92 Å². The molecule has 2 unspecified atom stereocenters. The number of carboxylic acids is 1. The molecule has 2 atom stereocenters. The fraction of sp³-hybridized carbons (Fsp3) is 0.519. The molecule has 182 valence electrons. The lowest BCUT2D eigenvalue weighted by molar-refractivity contribution is -0.139. The van der Waals surface area contributed by atoms with Crippen LogP contribution in [0.15, 0.2) is 35.7 Å². The van der Waals surface area contributed by atoms with Crippen molar-refractivity contribution in [2.45, 2.75) is 83.7 Å². The highest BCUT2D eigenvalue weighted by Gasteiger charge is 2.25. The van der Waals surface area contributed by atoms with Gasteiger partial charge in [-0.25, -0.2) is 9.78 Å². The molecule has 0 radical (unpaired) electrons. The molecule has 2 heterocycles. The number of aromatic nitrogens is 2. The van der Waals surface area contributed by atoms with E-state index in [1.165, 1.54) is 30.6 Å². The second kappa shape index (κ2) is 11.2. The number of aliphatic carboxylic acids is 1. The summed E-state index contributed by atoms with van der Waals surface area (Å²) in [4.78, 5) is 30.9. The van der Waals surface area contributed by atoms with Crippen LogP contribution in [0.3, 0.4) is 0 Å². The maximum absolute atomic E-state index is 13.0. The van der Waals surface area contributed by atoms with Gasteiger partial charge in [-0.05, 0) is 54.8 Å². The van der Waals surface area contributed by atoms with E-state index in [0.717, 1.165) is 42.5 Å². The molecule has 3 aromatic rings. The molecular formula is C27H35N3O3S. The number of benzene rings is 1. The lowest BCUT2D eigenvalue weighted by atomic mass is 9.99. The predicted molar refractivity (Wildman–Crippen MR) is 137 cm³/mol. The zero-order valence-electron chi connectivity index (χ0n) is 20.1. The number of carboxylic acid groups (broad SMARTS) is 1. The number of fused-ring (bicyclic) bond motifs is 1. The van der Waals surface area contributed by atoms with Crippen molar-refractivity contribution >= 4 is 34.2 Å². The van der Waals surface area contributed by atoms with Gasteiger partial charge in [0.15, 0.2) is 0 Å². The van der Waals surface area contributed by atoms with Crippen LogP contribution in [0.25, 0.3) is 11.0 Å². The predicted octanol–water partition coefficient (Wildman–Crippen LogP) is 6.20. The van der Waals surface area contributed by atoms with Gasteiger partial charge in [0.25, 0.3) is 5.91 Å². The van der Waals surface area contributed by atoms with Crippen LogP contribution in [0.2, 0.25) is 0 Å². The second-order valence-corrected chi connectivity index (χ2v) is 10.6. The van der Waals surface area contributed by atoms with Crippen molar-refractivity contribution in [3.05, 3.63) is 52.0 Å². The van der Waals surface area contributed by atoms with E-state index < -0.39 is 12.0 Å². The maximum atomic E-state index is 13.0. The van der Waals surface area contributed by atoms with Crippen LogP contribution in [-0.4, -0.2) is 32.6 Å². The van der Waals surface area contributed by atoms with Gasteiger partial charge in [-0.2, -0.15) is 0 Å². The topological polar surface area (TPSA) is 84.2 Å². The summed E-state index contributed by atoms with van der Waals surface area (Å²) in [6.07, 6.45) is 9.41. The summed E-state index contributed by atoms with van der Waals surface area (Å²) >= 11 is 1.74. The highest BCUT2D eigenvalue weighted by molar-refractivity contribution is 7.09. The van der Waals surface area contributed by atoms with Gasteiger partial charge in [0.1, 0.15) is 11.9 Å². The normalized spacial score (nSPS) is 16.8. The lowest BCUT2D eigenvalue weighted by Crippen LogP contribution is -2.41. The Morgan fingerprint density at radius 2 is 1.97 bits per heavy atom. The fourth-order valence-corrected chi connectivity index (χ4v) is 5.64. The number of hydrogen-bond acceptors (Lipinski definition) is 4. The summed E-state index contributed by atoms with van der Waals surface area (Å²) in [5, 5.41) is 14.4. The van der Waals surface area contributed by atoms with Crippen molar-refractivity contribution in [3.63, 3.8) is 0 Å². The monoisotopic (exact) mass is 481 g/mol. The first-order chi connectivity index (χ1) is 16.5.